The Labute approximate surface area is 117 Å². The highest BCUT2D eigenvalue weighted by molar-refractivity contribution is 8.14. The van der Waals surface area contributed by atoms with Gasteiger partial charge in [0.1, 0.15) is 0 Å². The zero-order chi connectivity index (χ0) is 13.9. The number of benzene rings is 1. The minimum atomic E-state index is -0.367. The van der Waals surface area contributed by atoms with E-state index in [1.165, 1.54) is 13.2 Å². The van der Waals surface area contributed by atoms with Crippen LogP contribution in [0.1, 0.15) is 26.7 Å². The average molecular weight is 282 g/mol. The minimum absolute atomic E-state index is 0.0397. The lowest BCUT2D eigenvalue weighted by molar-refractivity contribution is 0.387. The van der Waals surface area contributed by atoms with Gasteiger partial charge in [-0.15, -0.1) is 0 Å². The molecule has 0 aromatic heterocycles. The van der Waals surface area contributed by atoms with Crippen LogP contribution >= 0.6 is 11.8 Å². The van der Waals surface area contributed by atoms with Gasteiger partial charge in [0.15, 0.2) is 16.7 Å². The molecule has 3 nitrogen and oxygen atoms in total. The highest BCUT2D eigenvalue weighted by Crippen LogP contribution is 2.34. The molecule has 1 aromatic carbocycles. The van der Waals surface area contributed by atoms with Gasteiger partial charge in [0.25, 0.3) is 0 Å². The highest BCUT2D eigenvalue weighted by atomic mass is 32.2. The molecule has 2 rings (SSSR count). The molecule has 0 fully saturated rings. The SMILES string of the molecule is CCC1(CC)CSC(Nc2ccc(OC)c(F)c2)=N1. The molecule has 0 spiro atoms. The number of aliphatic imine (C=N–C) groups is 1. The van der Waals surface area contributed by atoms with Crippen molar-refractivity contribution in [2.75, 3.05) is 18.2 Å². The summed E-state index contributed by atoms with van der Waals surface area (Å²) < 4.78 is 18.5. The first-order valence-electron chi connectivity index (χ1n) is 6.45. The smallest absolute Gasteiger partial charge is 0.167 e. The minimum Gasteiger partial charge on any atom is -0.494 e. The third kappa shape index (κ3) is 3.03. The Kier molecular flexibility index (Phi) is 4.34. The van der Waals surface area contributed by atoms with Crippen LogP contribution in [0.2, 0.25) is 0 Å². The highest BCUT2D eigenvalue weighted by Gasteiger charge is 2.32. The number of amidine groups is 1. The largest absolute Gasteiger partial charge is 0.494 e. The molecule has 0 saturated carbocycles. The first-order valence-corrected chi connectivity index (χ1v) is 7.44. The zero-order valence-electron chi connectivity index (χ0n) is 11.5. The quantitative estimate of drug-likeness (QED) is 0.909. The fraction of sp³-hybridized carbons (Fsp3) is 0.500. The number of rotatable bonds is 4. The Hall–Kier alpha value is -1.23. The maximum atomic E-state index is 13.6. The Morgan fingerprint density at radius 1 is 1.42 bits per heavy atom. The van der Waals surface area contributed by atoms with Gasteiger partial charge in [-0.1, -0.05) is 25.6 Å². The summed E-state index contributed by atoms with van der Waals surface area (Å²) in [4.78, 5) is 4.74. The molecule has 1 aliphatic rings. The summed E-state index contributed by atoms with van der Waals surface area (Å²) in [5.41, 5.74) is 0.741. The zero-order valence-corrected chi connectivity index (χ0v) is 12.3. The number of nitrogens with one attached hydrogen (secondary N) is 1. The van der Waals surface area contributed by atoms with Gasteiger partial charge < -0.3 is 10.1 Å². The van der Waals surface area contributed by atoms with Gasteiger partial charge in [-0.05, 0) is 25.0 Å². The van der Waals surface area contributed by atoms with E-state index in [9.17, 15) is 4.39 Å². The van der Waals surface area contributed by atoms with E-state index in [2.05, 4.69) is 19.2 Å². The van der Waals surface area contributed by atoms with Crippen LogP contribution in [-0.2, 0) is 0 Å². The molecule has 0 bridgehead atoms. The van der Waals surface area contributed by atoms with Crippen molar-refractivity contribution in [3.63, 3.8) is 0 Å². The lowest BCUT2D eigenvalue weighted by Crippen LogP contribution is -2.24. The number of thioether (sulfide) groups is 1. The molecule has 1 heterocycles. The summed E-state index contributed by atoms with van der Waals surface area (Å²) in [7, 11) is 1.46. The van der Waals surface area contributed by atoms with Crippen LogP contribution in [-0.4, -0.2) is 23.6 Å². The van der Waals surface area contributed by atoms with Crippen LogP contribution in [0.3, 0.4) is 0 Å². The van der Waals surface area contributed by atoms with Crippen molar-refractivity contribution >= 4 is 22.6 Å². The second-order valence-corrected chi connectivity index (χ2v) is 5.58. The number of nitrogens with zero attached hydrogens (tertiary/aromatic N) is 1. The van der Waals surface area contributed by atoms with Gasteiger partial charge >= 0.3 is 0 Å². The Balaban J connectivity index is 2.12. The summed E-state index contributed by atoms with van der Waals surface area (Å²) in [6.07, 6.45) is 2.05. The standard InChI is InChI=1S/C14H19FN2OS/c1-4-14(5-2)9-19-13(17-14)16-10-6-7-12(18-3)11(15)8-10/h6-8H,4-5,9H2,1-3H3,(H,16,17). The summed E-state index contributed by atoms with van der Waals surface area (Å²) in [5, 5.41) is 4.04. The van der Waals surface area contributed by atoms with Crippen molar-refractivity contribution < 1.29 is 9.13 Å². The molecule has 0 radical (unpaired) electrons. The van der Waals surface area contributed by atoms with Gasteiger partial charge in [0.05, 0.1) is 12.6 Å². The first-order chi connectivity index (χ1) is 9.12. The predicted octanol–water partition coefficient (Wildman–Crippen LogP) is 3.91. The second-order valence-electron chi connectivity index (χ2n) is 4.61. The molecule has 1 N–H and O–H groups in total. The number of hydrogen-bond acceptors (Lipinski definition) is 4. The van der Waals surface area contributed by atoms with E-state index in [0.29, 0.717) is 5.69 Å². The van der Waals surface area contributed by atoms with Crippen LogP contribution in [0.15, 0.2) is 23.2 Å². The molecule has 0 aliphatic carbocycles. The van der Waals surface area contributed by atoms with Gasteiger partial charge in [-0.25, -0.2) is 4.39 Å². The van der Waals surface area contributed by atoms with Gasteiger partial charge in [-0.2, -0.15) is 0 Å². The summed E-state index contributed by atoms with van der Waals surface area (Å²) in [6.45, 7) is 4.31. The molecule has 1 aliphatic heterocycles. The van der Waals surface area contributed by atoms with E-state index in [0.717, 1.165) is 23.8 Å². The van der Waals surface area contributed by atoms with E-state index < -0.39 is 0 Å². The molecular formula is C14H19FN2OS. The lowest BCUT2D eigenvalue weighted by Gasteiger charge is -2.20. The number of anilines is 1. The fourth-order valence-corrected chi connectivity index (χ4v) is 3.35. The van der Waals surface area contributed by atoms with E-state index in [4.69, 9.17) is 9.73 Å². The third-order valence-electron chi connectivity index (χ3n) is 3.54. The van der Waals surface area contributed by atoms with Crippen molar-refractivity contribution in [3.05, 3.63) is 24.0 Å². The Bertz CT molecular complexity index is 486. The number of ether oxygens (including phenoxy) is 1. The molecule has 0 atom stereocenters. The summed E-state index contributed by atoms with van der Waals surface area (Å²) >= 11 is 1.69. The molecule has 0 saturated heterocycles. The summed E-state index contributed by atoms with van der Waals surface area (Å²) in [6, 6.07) is 4.84. The molecule has 5 heteroatoms. The van der Waals surface area contributed by atoms with E-state index in [-0.39, 0.29) is 17.1 Å². The molecule has 0 amide bonds. The Morgan fingerprint density at radius 3 is 2.68 bits per heavy atom. The van der Waals surface area contributed by atoms with Crippen LogP contribution in [0.4, 0.5) is 10.1 Å². The first kappa shape index (κ1) is 14.2. The summed E-state index contributed by atoms with van der Waals surface area (Å²) in [5.74, 6) is 0.873. The molecule has 0 unspecified atom stereocenters. The van der Waals surface area contributed by atoms with Crippen molar-refractivity contribution in [2.24, 2.45) is 4.99 Å². The van der Waals surface area contributed by atoms with Crippen molar-refractivity contribution in [3.8, 4) is 5.75 Å². The number of halogens is 1. The lowest BCUT2D eigenvalue weighted by atomic mass is 9.97. The predicted molar refractivity (Wildman–Crippen MR) is 79.8 cm³/mol. The van der Waals surface area contributed by atoms with Gasteiger partial charge in [0.2, 0.25) is 0 Å². The maximum absolute atomic E-state index is 13.6. The van der Waals surface area contributed by atoms with Gasteiger partial charge in [0, 0.05) is 17.5 Å². The van der Waals surface area contributed by atoms with Crippen LogP contribution < -0.4 is 10.1 Å². The molecular weight excluding hydrogens is 263 g/mol. The fourth-order valence-electron chi connectivity index (χ4n) is 2.03. The monoisotopic (exact) mass is 282 g/mol. The van der Waals surface area contributed by atoms with Crippen molar-refractivity contribution in [1.82, 2.24) is 0 Å². The third-order valence-corrected chi connectivity index (χ3v) is 4.68. The average Bonchev–Trinajstić information content (AvgIpc) is 2.83. The topological polar surface area (TPSA) is 33.6 Å². The molecule has 104 valence electrons. The van der Waals surface area contributed by atoms with Crippen LogP contribution in [0.5, 0.6) is 5.75 Å². The van der Waals surface area contributed by atoms with Crippen LogP contribution in [0.25, 0.3) is 0 Å². The maximum Gasteiger partial charge on any atom is 0.167 e. The van der Waals surface area contributed by atoms with E-state index in [1.807, 2.05) is 0 Å². The van der Waals surface area contributed by atoms with Crippen molar-refractivity contribution in [1.29, 1.82) is 0 Å². The number of methoxy groups -OCH3 is 1. The second kappa shape index (κ2) is 5.82. The van der Waals surface area contributed by atoms with E-state index >= 15 is 0 Å². The number of hydrogen-bond donors (Lipinski definition) is 1. The van der Waals surface area contributed by atoms with Crippen molar-refractivity contribution in [2.45, 2.75) is 32.2 Å². The van der Waals surface area contributed by atoms with Gasteiger partial charge in [-0.3, -0.25) is 4.99 Å². The molecule has 19 heavy (non-hydrogen) atoms. The van der Waals surface area contributed by atoms with E-state index in [1.54, 1.807) is 23.9 Å². The Morgan fingerprint density at radius 2 is 2.16 bits per heavy atom. The van der Waals surface area contributed by atoms with Crippen LogP contribution in [0, 0.1) is 5.82 Å². The normalized spacial score (nSPS) is 17.2. The molecule has 1 aromatic rings.